The molecular weight excluding hydrogens is 444 g/mol. The molecule has 1 atom stereocenters. The molecule has 0 aromatic carbocycles. The predicted octanol–water partition coefficient (Wildman–Crippen LogP) is 7.52. The first-order valence-corrected chi connectivity index (χ1v) is 15.2. The highest BCUT2D eigenvalue weighted by atomic mass is 32.1. The number of nitrogens with zero attached hydrogens (tertiary/aromatic N) is 2. The minimum Gasteiger partial charge on any atom is -0.442 e. The lowest BCUT2D eigenvalue weighted by Gasteiger charge is -2.12. The summed E-state index contributed by atoms with van der Waals surface area (Å²) < 4.78 is 13.5. The van der Waals surface area contributed by atoms with Crippen LogP contribution in [0.4, 0.5) is 4.79 Å². The van der Waals surface area contributed by atoms with Gasteiger partial charge in [-0.2, -0.15) is 4.57 Å². The molecule has 1 fully saturated rings. The number of aryl methyl sites for hydroxylation is 1. The van der Waals surface area contributed by atoms with Gasteiger partial charge in [0, 0.05) is 19.6 Å². The third kappa shape index (κ3) is 14.3. The lowest BCUT2D eigenvalue weighted by atomic mass is 10.0. The molecule has 1 aromatic rings. The summed E-state index contributed by atoms with van der Waals surface area (Å²) in [5.41, 5.74) is 2.14. The molecule has 1 saturated heterocycles. The quantitative estimate of drug-likeness (QED) is 0.116. The molecule has 0 N–H and O–H groups in total. The van der Waals surface area contributed by atoms with Gasteiger partial charge in [0.1, 0.15) is 12.6 Å². The van der Waals surface area contributed by atoms with Gasteiger partial charge in [-0.25, -0.2) is 4.79 Å². The largest absolute Gasteiger partial charge is 0.442 e. The van der Waals surface area contributed by atoms with Crippen LogP contribution in [0.15, 0.2) is 17.1 Å². The Morgan fingerprint density at radius 1 is 0.912 bits per heavy atom. The molecule has 0 spiro atoms. The molecule has 5 nitrogen and oxygen atoms in total. The summed E-state index contributed by atoms with van der Waals surface area (Å²) in [5.74, 6) is 0. The van der Waals surface area contributed by atoms with Gasteiger partial charge in [0.15, 0.2) is 6.20 Å². The van der Waals surface area contributed by atoms with Gasteiger partial charge in [0.2, 0.25) is 5.51 Å². The number of ether oxygens (including phenoxy) is 2. The van der Waals surface area contributed by atoms with Crippen molar-refractivity contribution in [2.75, 3.05) is 26.3 Å². The van der Waals surface area contributed by atoms with Crippen LogP contribution in [0.25, 0.3) is 0 Å². The standard InChI is InChI=1S/C28H51N2O3S/c1-2-3-4-5-6-7-8-9-10-11-12-13-14-18-22-32-25-27-24-30(28(31)33-27)20-17-15-16-19-29-21-23-34-26-29/h21,23,26-27H,2-20,22,24-25H2,1H3/q+1. The van der Waals surface area contributed by atoms with Crippen LogP contribution in [0.3, 0.4) is 0 Å². The van der Waals surface area contributed by atoms with Crippen molar-refractivity contribution in [3.05, 3.63) is 17.1 Å². The second-order valence-corrected chi connectivity index (χ2v) is 10.7. The minimum absolute atomic E-state index is 0.0968. The number of cyclic esters (lactones) is 1. The molecule has 0 saturated carbocycles. The molecule has 1 aromatic heterocycles. The Hall–Kier alpha value is -1.14. The fourth-order valence-electron chi connectivity index (χ4n) is 4.62. The van der Waals surface area contributed by atoms with Gasteiger partial charge < -0.3 is 14.4 Å². The van der Waals surface area contributed by atoms with E-state index >= 15 is 0 Å². The molecule has 1 aliphatic heterocycles. The molecular formula is C28H51N2O3S+. The van der Waals surface area contributed by atoms with Crippen molar-refractivity contribution in [1.29, 1.82) is 0 Å². The highest BCUT2D eigenvalue weighted by molar-refractivity contribution is 7.07. The zero-order valence-electron chi connectivity index (χ0n) is 21.9. The zero-order chi connectivity index (χ0) is 24.1. The Morgan fingerprint density at radius 3 is 2.15 bits per heavy atom. The minimum atomic E-state index is -0.169. The number of aromatic nitrogens is 1. The molecule has 0 bridgehead atoms. The summed E-state index contributed by atoms with van der Waals surface area (Å²) in [5, 5.41) is 2.10. The van der Waals surface area contributed by atoms with Crippen LogP contribution in [-0.4, -0.2) is 43.4 Å². The van der Waals surface area contributed by atoms with Crippen LogP contribution in [0.1, 0.15) is 116 Å². The summed E-state index contributed by atoms with van der Waals surface area (Å²) in [7, 11) is 0. The van der Waals surface area contributed by atoms with E-state index in [4.69, 9.17) is 9.47 Å². The highest BCUT2D eigenvalue weighted by Crippen LogP contribution is 2.15. The van der Waals surface area contributed by atoms with E-state index in [9.17, 15) is 4.79 Å². The van der Waals surface area contributed by atoms with Gasteiger partial charge in [-0.15, -0.1) is 0 Å². The third-order valence-corrected chi connectivity index (χ3v) is 7.44. The molecule has 1 aliphatic rings. The third-order valence-electron chi connectivity index (χ3n) is 6.77. The average molecular weight is 496 g/mol. The topological polar surface area (TPSA) is 42.7 Å². The highest BCUT2D eigenvalue weighted by Gasteiger charge is 2.30. The Bertz CT molecular complexity index is 596. The SMILES string of the molecule is CCCCCCCCCCCCCCCCOCC1CN(CCCCC[n+]2ccsc2)C(=O)O1. The molecule has 2 heterocycles. The predicted molar refractivity (Wildman–Crippen MR) is 141 cm³/mol. The Balaban J connectivity index is 1.31. The van der Waals surface area contributed by atoms with E-state index < -0.39 is 0 Å². The van der Waals surface area contributed by atoms with Gasteiger partial charge in [-0.05, 0) is 19.3 Å². The van der Waals surface area contributed by atoms with Crippen molar-refractivity contribution < 1.29 is 18.8 Å². The number of carbonyl (C=O) groups excluding carboxylic acids is 1. The summed E-state index contributed by atoms with van der Waals surface area (Å²) in [6.45, 7) is 6.13. The maximum Gasteiger partial charge on any atom is 0.410 e. The molecule has 0 aliphatic carbocycles. The van der Waals surface area contributed by atoms with Crippen molar-refractivity contribution in [2.24, 2.45) is 0 Å². The Labute approximate surface area is 213 Å². The Kier molecular flexibility index (Phi) is 17.2. The van der Waals surface area contributed by atoms with E-state index in [1.54, 1.807) is 11.3 Å². The smallest absolute Gasteiger partial charge is 0.410 e. The van der Waals surface area contributed by atoms with E-state index in [1.165, 1.54) is 83.5 Å². The molecule has 6 heteroatoms. The zero-order valence-corrected chi connectivity index (χ0v) is 22.7. The summed E-state index contributed by atoms with van der Waals surface area (Å²) in [6.07, 6.45) is 24.3. The first-order valence-electron chi connectivity index (χ1n) is 14.2. The fraction of sp³-hybridized carbons (Fsp3) is 0.857. The maximum atomic E-state index is 12.1. The first kappa shape index (κ1) is 29.1. The number of carbonyl (C=O) groups is 1. The van der Waals surface area contributed by atoms with E-state index in [2.05, 4.69) is 28.6 Å². The van der Waals surface area contributed by atoms with E-state index in [0.717, 1.165) is 45.4 Å². The van der Waals surface area contributed by atoms with Crippen LogP contribution in [0.5, 0.6) is 0 Å². The van der Waals surface area contributed by atoms with Crippen LogP contribution < -0.4 is 4.57 Å². The monoisotopic (exact) mass is 495 g/mol. The van der Waals surface area contributed by atoms with Crippen molar-refractivity contribution in [2.45, 2.75) is 129 Å². The van der Waals surface area contributed by atoms with Gasteiger partial charge in [-0.3, -0.25) is 0 Å². The molecule has 1 amide bonds. The summed E-state index contributed by atoms with van der Waals surface area (Å²) in [6, 6.07) is 0. The molecule has 196 valence electrons. The number of hydrogen-bond acceptors (Lipinski definition) is 4. The van der Waals surface area contributed by atoms with E-state index in [-0.39, 0.29) is 12.2 Å². The number of amides is 1. The maximum absolute atomic E-state index is 12.1. The second kappa shape index (κ2) is 20.1. The lowest BCUT2D eigenvalue weighted by molar-refractivity contribution is -0.692. The van der Waals surface area contributed by atoms with Crippen molar-refractivity contribution >= 4 is 17.4 Å². The number of thiazole rings is 1. The summed E-state index contributed by atoms with van der Waals surface area (Å²) >= 11 is 1.72. The van der Waals surface area contributed by atoms with Gasteiger partial charge in [0.25, 0.3) is 0 Å². The molecule has 1 unspecified atom stereocenters. The van der Waals surface area contributed by atoms with Crippen LogP contribution in [0, 0.1) is 0 Å². The Morgan fingerprint density at radius 2 is 1.53 bits per heavy atom. The van der Waals surface area contributed by atoms with Crippen molar-refractivity contribution in [3.8, 4) is 0 Å². The van der Waals surface area contributed by atoms with Crippen LogP contribution in [-0.2, 0) is 16.0 Å². The normalized spacial score (nSPS) is 15.9. The second-order valence-electron chi connectivity index (χ2n) is 9.95. The van der Waals surface area contributed by atoms with E-state index in [1.807, 2.05) is 4.90 Å². The van der Waals surface area contributed by atoms with Crippen LogP contribution in [0.2, 0.25) is 0 Å². The van der Waals surface area contributed by atoms with Crippen molar-refractivity contribution in [3.63, 3.8) is 0 Å². The molecule has 34 heavy (non-hydrogen) atoms. The first-order chi connectivity index (χ1) is 16.8. The van der Waals surface area contributed by atoms with Gasteiger partial charge in [0.05, 0.1) is 18.5 Å². The number of hydrogen-bond donors (Lipinski definition) is 0. The van der Waals surface area contributed by atoms with Gasteiger partial charge >= 0.3 is 6.09 Å². The summed E-state index contributed by atoms with van der Waals surface area (Å²) in [4.78, 5) is 13.9. The number of unbranched alkanes of at least 4 members (excludes halogenated alkanes) is 15. The average Bonchev–Trinajstić information content (AvgIpc) is 3.48. The van der Waals surface area contributed by atoms with Crippen molar-refractivity contribution in [1.82, 2.24) is 4.90 Å². The molecule has 0 radical (unpaired) electrons. The van der Waals surface area contributed by atoms with Gasteiger partial charge in [-0.1, -0.05) is 102 Å². The lowest BCUT2D eigenvalue weighted by Crippen LogP contribution is -2.30. The molecule has 2 rings (SSSR count). The van der Waals surface area contributed by atoms with E-state index in [0.29, 0.717) is 13.2 Å². The number of rotatable bonds is 23. The van der Waals surface area contributed by atoms with Crippen LogP contribution >= 0.6 is 11.3 Å². The fourth-order valence-corrected chi connectivity index (χ4v) is 5.25.